The quantitative estimate of drug-likeness (QED) is 0.385. The van der Waals surface area contributed by atoms with E-state index in [-0.39, 0.29) is 11.7 Å². The molecule has 0 radical (unpaired) electrons. The van der Waals surface area contributed by atoms with Crippen molar-refractivity contribution in [3.05, 3.63) is 104 Å². The fourth-order valence-electron chi connectivity index (χ4n) is 3.84. The summed E-state index contributed by atoms with van der Waals surface area (Å²) in [7, 11) is 0. The standard InChI is InChI=1S/C22H16BrN3O3/c23-16-8-11-21-18(12-16)20-13-19(14-4-2-1-3-5-14)24-25(20)22(29-21)15-6-9-17(10-7-15)26(27)28/h1-12,20,22H,13H2/t20-,22+/m1/s1. The first-order valence-electron chi connectivity index (χ1n) is 9.22. The number of benzene rings is 3. The second-order valence-electron chi connectivity index (χ2n) is 7.01. The number of nitro groups is 1. The van der Waals surface area contributed by atoms with Gasteiger partial charge < -0.3 is 4.74 Å². The van der Waals surface area contributed by atoms with E-state index in [1.165, 1.54) is 12.1 Å². The van der Waals surface area contributed by atoms with Gasteiger partial charge in [-0.3, -0.25) is 10.1 Å². The van der Waals surface area contributed by atoms with E-state index in [2.05, 4.69) is 34.1 Å². The first-order chi connectivity index (χ1) is 14.1. The summed E-state index contributed by atoms with van der Waals surface area (Å²) < 4.78 is 7.29. The van der Waals surface area contributed by atoms with Crippen molar-refractivity contribution in [1.29, 1.82) is 0 Å². The molecule has 29 heavy (non-hydrogen) atoms. The average Bonchev–Trinajstić information content (AvgIpc) is 3.20. The first kappa shape index (κ1) is 17.9. The van der Waals surface area contributed by atoms with Gasteiger partial charge in [0.1, 0.15) is 5.75 Å². The fraction of sp³-hybridized carbons (Fsp3) is 0.136. The molecule has 2 heterocycles. The number of fused-ring (bicyclic) bond motifs is 3. The molecule has 0 spiro atoms. The third-order valence-electron chi connectivity index (χ3n) is 5.25. The normalized spacial score (nSPS) is 19.8. The Morgan fingerprint density at radius 1 is 1.07 bits per heavy atom. The summed E-state index contributed by atoms with van der Waals surface area (Å²) in [6, 6.07) is 22.6. The van der Waals surface area contributed by atoms with Gasteiger partial charge in [0.15, 0.2) is 0 Å². The van der Waals surface area contributed by atoms with Crippen molar-refractivity contribution in [2.75, 3.05) is 0 Å². The molecule has 7 heteroatoms. The minimum Gasteiger partial charge on any atom is -0.464 e. The van der Waals surface area contributed by atoms with E-state index in [9.17, 15) is 10.1 Å². The van der Waals surface area contributed by atoms with Crippen molar-refractivity contribution in [1.82, 2.24) is 5.01 Å². The van der Waals surface area contributed by atoms with E-state index in [0.29, 0.717) is 0 Å². The second kappa shape index (κ2) is 7.00. The SMILES string of the molecule is O=[N+]([O-])c1ccc([C@@H]2Oc3ccc(Br)cc3[C@H]3CC(c4ccccc4)=NN32)cc1. The average molecular weight is 450 g/mol. The zero-order valence-corrected chi connectivity index (χ0v) is 16.8. The maximum Gasteiger partial charge on any atom is 0.269 e. The van der Waals surface area contributed by atoms with Gasteiger partial charge in [-0.2, -0.15) is 5.10 Å². The van der Waals surface area contributed by atoms with E-state index in [0.717, 1.165) is 39.0 Å². The van der Waals surface area contributed by atoms with Crippen molar-refractivity contribution >= 4 is 27.3 Å². The maximum absolute atomic E-state index is 11.0. The number of halogens is 1. The predicted octanol–water partition coefficient (Wildman–Crippen LogP) is 5.60. The Morgan fingerprint density at radius 3 is 2.55 bits per heavy atom. The summed E-state index contributed by atoms with van der Waals surface area (Å²) in [5, 5.41) is 17.9. The van der Waals surface area contributed by atoms with Gasteiger partial charge in [-0.15, -0.1) is 0 Å². The van der Waals surface area contributed by atoms with Crippen molar-refractivity contribution in [3.63, 3.8) is 0 Å². The van der Waals surface area contributed by atoms with Crippen LogP contribution in [0.3, 0.4) is 0 Å². The molecule has 3 aromatic carbocycles. The largest absolute Gasteiger partial charge is 0.464 e. The molecule has 0 aromatic heterocycles. The lowest BCUT2D eigenvalue weighted by Gasteiger charge is -2.38. The van der Waals surface area contributed by atoms with E-state index in [1.807, 2.05) is 35.3 Å². The van der Waals surface area contributed by atoms with E-state index < -0.39 is 11.2 Å². The molecule has 5 rings (SSSR count). The zero-order chi connectivity index (χ0) is 20.0. The van der Waals surface area contributed by atoms with Crippen LogP contribution in [0.25, 0.3) is 0 Å². The molecule has 0 saturated heterocycles. The summed E-state index contributed by atoms with van der Waals surface area (Å²) in [6.45, 7) is 0. The molecule has 0 aliphatic carbocycles. The van der Waals surface area contributed by atoms with Gasteiger partial charge in [0.2, 0.25) is 6.23 Å². The number of hydrazone groups is 1. The zero-order valence-electron chi connectivity index (χ0n) is 15.2. The molecule has 0 amide bonds. The van der Waals surface area contributed by atoms with Crippen LogP contribution in [0.2, 0.25) is 0 Å². The highest BCUT2D eigenvalue weighted by Gasteiger charge is 2.41. The minimum absolute atomic E-state index is 0.0339. The molecular weight excluding hydrogens is 434 g/mol. The second-order valence-corrected chi connectivity index (χ2v) is 7.93. The number of rotatable bonds is 3. The van der Waals surface area contributed by atoms with Crippen LogP contribution < -0.4 is 4.74 Å². The van der Waals surface area contributed by atoms with Crippen LogP contribution in [-0.4, -0.2) is 15.6 Å². The lowest BCUT2D eigenvalue weighted by atomic mass is 9.96. The molecule has 2 aliphatic rings. The van der Waals surface area contributed by atoms with Crippen molar-refractivity contribution in [2.24, 2.45) is 5.10 Å². The Labute approximate surface area is 175 Å². The van der Waals surface area contributed by atoms with Crippen LogP contribution in [0.1, 0.15) is 35.4 Å². The highest BCUT2D eigenvalue weighted by molar-refractivity contribution is 9.10. The summed E-state index contributed by atoms with van der Waals surface area (Å²) in [4.78, 5) is 10.6. The number of nitrogens with zero attached hydrogens (tertiary/aromatic N) is 3. The highest BCUT2D eigenvalue weighted by Crippen LogP contribution is 2.48. The molecule has 2 atom stereocenters. The van der Waals surface area contributed by atoms with Gasteiger partial charge >= 0.3 is 0 Å². The number of nitro benzene ring substituents is 1. The molecule has 0 fully saturated rings. The summed E-state index contributed by atoms with van der Waals surface area (Å²) in [6.07, 6.45) is 0.316. The highest BCUT2D eigenvalue weighted by atomic mass is 79.9. The Morgan fingerprint density at radius 2 is 1.83 bits per heavy atom. The third-order valence-corrected chi connectivity index (χ3v) is 5.74. The van der Waals surface area contributed by atoms with Crippen molar-refractivity contribution in [3.8, 4) is 5.75 Å². The number of hydrogen-bond acceptors (Lipinski definition) is 5. The Bertz CT molecular complexity index is 1120. The lowest BCUT2D eigenvalue weighted by molar-refractivity contribution is -0.384. The van der Waals surface area contributed by atoms with Crippen molar-refractivity contribution in [2.45, 2.75) is 18.7 Å². The van der Waals surface area contributed by atoms with Crippen LogP contribution in [-0.2, 0) is 0 Å². The number of non-ortho nitro benzene ring substituents is 1. The fourth-order valence-corrected chi connectivity index (χ4v) is 4.22. The Kier molecular flexibility index (Phi) is 4.32. The molecule has 0 bridgehead atoms. The Balaban J connectivity index is 1.58. The van der Waals surface area contributed by atoms with Crippen LogP contribution in [0.4, 0.5) is 5.69 Å². The summed E-state index contributed by atoms with van der Waals surface area (Å²) >= 11 is 3.55. The van der Waals surface area contributed by atoms with Gasteiger partial charge in [-0.25, -0.2) is 5.01 Å². The van der Waals surface area contributed by atoms with Gasteiger partial charge in [-0.1, -0.05) is 46.3 Å². The van der Waals surface area contributed by atoms with Crippen molar-refractivity contribution < 1.29 is 9.66 Å². The minimum atomic E-state index is -0.448. The van der Waals surface area contributed by atoms with E-state index in [4.69, 9.17) is 9.84 Å². The van der Waals surface area contributed by atoms with Gasteiger partial charge in [-0.05, 0) is 35.9 Å². The third kappa shape index (κ3) is 3.17. The van der Waals surface area contributed by atoms with Crippen LogP contribution in [0, 0.1) is 10.1 Å². The molecular formula is C22H16BrN3O3. The summed E-state index contributed by atoms with van der Waals surface area (Å²) in [5.74, 6) is 0.808. The van der Waals surface area contributed by atoms with E-state index >= 15 is 0 Å². The van der Waals surface area contributed by atoms with Crippen LogP contribution >= 0.6 is 15.9 Å². The van der Waals surface area contributed by atoms with Crippen LogP contribution in [0.5, 0.6) is 5.75 Å². The van der Waals surface area contributed by atoms with Crippen LogP contribution in [0.15, 0.2) is 82.4 Å². The lowest BCUT2D eigenvalue weighted by Crippen LogP contribution is -2.33. The molecule has 0 saturated carbocycles. The maximum atomic E-state index is 11.0. The monoisotopic (exact) mass is 449 g/mol. The van der Waals surface area contributed by atoms with Gasteiger partial charge in [0, 0.05) is 34.2 Å². The van der Waals surface area contributed by atoms with E-state index in [1.54, 1.807) is 12.1 Å². The topological polar surface area (TPSA) is 68.0 Å². The molecule has 0 N–H and O–H groups in total. The Hall–Kier alpha value is -3.19. The molecule has 6 nitrogen and oxygen atoms in total. The number of hydrogen-bond donors (Lipinski definition) is 0. The first-order valence-corrected chi connectivity index (χ1v) is 10.0. The molecule has 2 aliphatic heterocycles. The number of ether oxygens (including phenoxy) is 1. The van der Waals surface area contributed by atoms with Gasteiger partial charge in [0.25, 0.3) is 5.69 Å². The summed E-state index contributed by atoms with van der Waals surface area (Å²) in [5.41, 5.74) is 4.04. The molecule has 3 aromatic rings. The smallest absolute Gasteiger partial charge is 0.269 e. The molecule has 0 unspecified atom stereocenters. The molecule has 144 valence electrons. The predicted molar refractivity (Wildman–Crippen MR) is 113 cm³/mol. The van der Waals surface area contributed by atoms with Gasteiger partial charge in [0.05, 0.1) is 16.7 Å².